The van der Waals surface area contributed by atoms with Gasteiger partial charge in [-0.15, -0.1) is 0 Å². The van der Waals surface area contributed by atoms with Gasteiger partial charge in [-0.3, -0.25) is 0 Å². The molecule has 0 amide bonds. The van der Waals surface area contributed by atoms with Crippen molar-refractivity contribution in [1.29, 1.82) is 0 Å². The molecular formula is C10H23NO2S. The predicted octanol–water partition coefficient (Wildman–Crippen LogP) is 1.59. The molecule has 3 nitrogen and oxygen atoms in total. The first-order valence-electron chi connectivity index (χ1n) is 5.47. The van der Waals surface area contributed by atoms with E-state index < -0.39 is 9.84 Å². The maximum absolute atomic E-state index is 11.4. The SMILES string of the molecule is CCCCCS(=O)(=O)CCCCNC. The van der Waals surface area contributed by atoms with Crippen LogP contribution in [0.15, 0.2) is 0 Å². The second kappa shape index (κ2) is 8.24. The molecule has 0 radical (unpaired) electrons. The highest BCUT2D eigenvalue weighted by molar-refractivity contribution is 7.91. The van der Waals surface area contributed by atoms with Gasteiger partial charge in [-0.2, -0.15) is 0 Å². The van der Waals surface area contributed by atoms with Crippen molar-refractivity contribution in [3.63, 3.8) is 0 Å². The van der Waals surface area contributed by atoms with Crippen molar-refractivity contribution in [2.75, 3.05) is 25.1 Å². The molecule has 0 spiro atoms. The van der Waals surface area contributed by atoms with Gasteiger partial charge >= 0.3 is 0 Å². The van der Waals surface area contributed by atoms with Gasteiger partial charge in [0.2, 0.25) is 0 Å². The number of nitrogens with one attached hydrogen (secondary N) is 1. The average Bonchev–Trinajstić information content (AvgIpc) is 2.13. The highest BCUT2D eigenvalue weighted by Crippen LogP contribution is 2.02. The lowest BCUT2D eigenvalue weighted by atomic mass is 10.3. The molecule has 0 aliphatic carbocycles. The summed E-state index contributed by atoms with van der Waals surface area (Å²) >= 11 is 0. The summed E-state index contributed by atoms with van der Waals surface area (Å²) in [4.78, 5) is 0. The normalized spacial score (nSPS) is 11.9. The minimum atomic E-state index is -2.76. The van der Waals surface area contributed by atoms with Crippen molar-refractivity contribution >= 4 is 9.84 Å². The number of unbranched alkanes of at least 4 members (excludes halogenated alkanes) is 3. The molecule has 0 aromatic heterocycles. The lowest BCUT2D eigenvalue weighted by Gasteiger charge is -2.03. The van der Waals surface area contributed by atoms with Gasteiger partial charge in [0.25, 0.3) is 0 Å². The van der Waals surface area contributed by atoms with Gasteiger partial charge in [-0.25, -0.2) is 8.42 Å². The smallest absolute Gasteiger partial charge is 0.150 e. The maximum atomic E-state index is 11.4. The number of rotatable bonds is 9. The summed E-state index contributed by atoms with van der Waals surface area (Å²) in [6.45, 7) is 2.99. The van der Waals surface area contributed by atoms with E-state index in [-0.39, 0.29) is 0 Å². The summed E-state index contributed by atoms with van der Waals surface area (Å²) in [5, 5.41) is 3.01. The van der Waals surface area contributed by atoms with E-state index in [1.165, 1.54) is 0 Å². The van der Waals surface area contributed by atoms with Gasteiger partial charge in [-0.05, 0) is 32.9 Å². The molecule has 0 aliphatic heterocycles. The van der Waals surface area contributed by atoms with Crippen molar-refractivity contribution in [3.05, 3.63) is 0 Å². The molecule has 0 heterocycles. The van der Waals surface area contributed by atoms with Gasteiger partial charge in [-0.1, -0.05) is 19.8 Å². The average molecular weight is 221 g/mol. The van der Waals surface area contributed by atoms with Crippen molar-refractivity contribution in [2.45, 2.75) is 39.0 Å². The second-order valence-electron chi connectivity index (χ2n) is 3.67. The Hall–Kier alpha value is -0.0900. The minimum absolute atomic E-state index is 0.360. The Kier molecular flexibility index (Phi) is 8.18. The Morgan fingerprint density at radius 2 is 1.57 bits per heavy atom. The van der Waals surface area contributed by atoms with E-state index in [9.17, 15) is 8.42 Å². The largest absolute Gasteiger partial charge is 0.320 e. The second-order valence-corrected chi connectivity index (χ2v) is 5.97. The van der Waals surface area contributed by atoms with Crippen LogP contribution in [0.25, 0.3) is 0 Å². The molecule has 0 atom stereocenters. The Morgan fingerprint density at radius 1 is 1.00 bits per heavy atom. The van der Waals surface area contributed by atoms with E-state index in [1.54, 1.807) is 0 Å². The summed E-state index contributed by atoms with van der Waals surface area (Å²) in [7, 11) is -0.877. The highest BCUT2D eigenvalue weighted by atomic mass is 32.2. The van der Waals surface area contributed by atoms with Crippen molar-refractivity contribution in [1.82, 2.24) is 5.32 Å². The quantitative estimate of drug-likeness (QED) is 0.601. The molecule has 86 valence electrons. The first-order valence-corrected chi connectivity index (χ1v) is 7.29. The Labute approximate surface area is 88.2 Å². The van der Waals surface area contributed by atoms with Crippen molar-refractivity contribution < 1.29 is 8.42 Å². The van der Waals surface area contributed by atoms with Crippen LogP contribution in [0.2, 0.25) is 0 Å². The lowest BCUT2D eigenvalue weighted by Crippen LogP contribution is -2.14. The molecule has 0 fully saturated rings. The monoisotopic (exact) mass is 221 g/mol. The molecule has 4 heteroatoms. The third-order valence-electron chi connectivity index (χ3n) is 2.19. The van der Waals surface area contributed by atoms with Crippen LogP contribution < -0.4 is 5.32 Å². The van der Waals surface area contributed by atoms with Crippen LogP contribution in [-0.2, 0) is 9.84 Å². The molecule has 0 unspecified atom stereocenters. The molecular weight excluding hydrogens is 198 g/mol. The Bertz CT molecular complexity index is 212. The van der Waals surface area contributed by atoms with Gasteiger partial charge in [0.15, 0.2) is 0 Å². The third-order valence-corrected chi connectivity index (χ3v) is 4.01. The van der Waals surface area contributed by atoms with E-state index >= 15 is 0 Å². The molecule has 0 saturated heterocycles. The van der Waals surface area contributed by atoms with Crippen LogP contribution in [0.1, 0.15) is 39.0 Å². The van der Waals surface area contributed by atoms with E-state index in [0.29, 0.717) is 11.5 Å². The first kappa shape index (κ1) is 13.9. The molecule has 0 aromatic carbocycles. The van der Waals surface area contributed by atoms with Gasteiger partial charge in [0.05, 0.1) is 11.5 Å². The summed E-state index contributed by atoms with van der Waals surface area (Å²) in [5.74, 6) is 0.735. The zero-order valence-electron chi connectivity index (χ0n) is 9.38. The van der Waals surface area contributed by atoms with Crippen LogP contribution in [0.3, 0.4) is 0 Å². The van der Waals surface area contributed by atoms with E-state index in [4.69, 9.17) is 0 Å². The van der Waals surface area contributed by atoms with Crippen LogP contribution in [0.5, 0.6) is 0 Å². The highest BCUT2D eigenvalue weighted by Gasteiger charge is 2.08. The number of sulfone groups is 1. The van der Waals surface area contributed by atoms with Crippen LogP contribution in [-0.4, -0.2) is 33.5 Å². The Balaban J connectivity index is 3.52. The molecule has 0 bridgehead atoms. The molecule has 0 saturated carbocycles. The zero-order chi connectivity index (χ0) is 10.9. The molecule has 14 heavy (non-hydrogen) atoms. The fraction of sp³-hybridized carbons (Fsp3) is 1.00. The lowest BCUT2D eigenvalue weighted by molar-refractivity contribution is 0.585. The summed E-state index contributed by atoms with van der Waals surface area (Å²) < 4.78 is 22.9. The molecule has 1 N–H and O–H groups in total. The fourth-order valence-corrected chi connectivity index (χ4v) is 2.79. The number of hydrogen-bond donors (Lipinski definition) is 1. The Morgan fingerprint density at radius 3 is 2.07 bits per heavy atom. The minimum Gasteiger partial charge on any atom is -0.320 e. The summed E-state index contributed by atoms with van der Waals surface area (Å²) in [6, 6.07) is 0. The summed E-state index contributed by atoms with van der Waals surface area (Å²) in [5.41, 5.74) is 0. The topological polar surface area (TPSA) is 46.2 Å². The predicted molar refractivity (Wildman–Crippen MR) is 61.3 cm³/mol. The third kappa shape index (κ3) is 8.51. The van der Waals surface area contributed by atoms with E-state index in [1.807, 2.05) is 7.05 Å². The summed E-state index contributed by atoms with van der Waals surface area (Å²) in [6.07, 6.45) is 4.66. The van der Waals surface area contributed by atoms with Crippen molar-refractivity contribution in [3.8, 4) is 0 Å². The fourth-order valence-electron chi connectivity index (χ4n) is 1.30. The molecule has 0 aromatic rings. The van der Waals surface area contributed by atoms with Crippen LogP contribution >= 0.6 is 0 Å². The van der Waals surface area contributed by atoms with Gasteiger partial charge in [0, 0.05) is 0 Å². The van der Waals surface area contributed by atoms with Gasteiger partial charge in [0.1, 0.15) is 9.84 Å². The number of hydrogen-bond acceptors (Lipinski definition) is 3. The standard InChI is InChI=1S/C10H23NO2S/c1-3-4-6-9-14(12,13)10-7-5-8-11-2/h11H,3-10H2,1-2H3. The van der Waals surface area contributed by atoms with Gasteiger partial charge < -0.3 is 5.32 Å². The van der Waals surface area contributed by atoms with Crippen LogP contribution in [0.4, 0.5) is 0 Å². The zero-order valence-corrected chi connectivity index (χ0v) is 10.2. The van der Waals surface area contributed by atoms with E-state index in [0.717, 1.165) is 38.6 Å². The first-order chi connectivity index (χ1) is 6.62. The maximum Gasteiger partial charge on any atom is 0.150 e. The van der Waals surface area contributed by atoms with E-state index in [2.05, 4.69) is 12.2 Å². The van der Waals surface area contributed by atoms with Crippen LogP contribution in [0, 0.1) is 0 Å². The molecule has 0 rings (SSSR count). The molecule has 0 aliphatic rings. The van der Waals surface area contributed by atoms with Crippen molar-refractivity contribution in [2.24, 2.45) is 0 Å².